The molecule has 0 radical (unpaired) electrons. The van der Waals surface area contributed by atoms with Gasteiger partial charge in [0, 0.05) is 22.8 Å². The van der Waals surface area contributed by atoms with E-state index in [1.807, 2.05) is 73.7 Å². The van der Waals surface area contributed by atoms with Gasteiger partial charge in [-0.25, -0.2) is 4.99 Å². The minimum absolute atomic E-state index is 0.163. The number of para-hydroxylation sites is 2. The molecule has 0 bridgehead atoms. The standard InChI is InChI=1S/C36H34N4O2S/c1-22(2)26-16-18-27(19-17-26)33-32(34(41)38-29-12-8-6-9-13-29)24(4)37-36-40(33)35(42)31(43-36)21-28-20-23(3)39(25(28)5)30-14-10-7-11-15-30/h6-22,33H,1-5H3,(H,38,41)/b31-21-/t33-/m1/s1. The zero-order chi connectivity index (χ0) is 30.2. The number of amides is 1. The lowest BCUT2D eigenvalue weighted by atomic mass is 9.93. The number of allylic oxidation sites excluding steroid dienone is 1. The van der Waals surface area contributed by atoms with E-state index in [2.05, 4.69) is 67.9 Å². The summed E-state index contributed by atoms with van der Waals surface area (Å²) in [6.45, 7) is 10.3. The Morgan fingerprint density at radius 3 is 2.23 bits per heavy atom. The highest BCUT2D eigenvalue weighted by Crippen LogP contribution is 2.32. The van der Waals surface area contributed by atoms with Crippen LogP contribution < -0.4 is 20.2 Å². The van der Waals surface area contributed by atoms with E-state index >= 15 is 0 Å². The number of thiazole rings is 1. The fraction of sp³-hybridized carbons (Fsp3) is 0.194. The highest BCUT2D eigenvalue weighted by molar-refractivity contribution is 7.07. The summed E-state index contributed by atoms with van der Waals surface area (Å²) in [5.74, 6) is 0.0927. The highest BCUT2D eigenvalue weighted by atomic mass is 32.1. The second-order valence-electron chi connectivity index (χ2n) is 11.2. The highest BCUT2D eigenvalue weighted by Gasteiger charge is 2.32. The molecule has 1 aliphatic heterocycles. The van der Waals surface area contributed by atoms with Crippen molar-refractivity contribution in [3.8, 4) is 5.69 Å². The second-order valence-corrected chi connectivity index (χ2v) is 12.2. The molecule has 0 spiro atoms. The first-order chi connectivity index (χ1) is 20.7. The Morgan fingerprint density at radius 1 is 0.930 bits per heavy atom. The van der Waals surface area contributed by atoms with Crippen LogP contribution in [-0.4, -0.2) is 15.0 Å². The maximum Gasteiger partial charge on any atom is 0.271 e. The van der Waals surface area contributed by atoms with Crippen molar-refractivity contribution < 1.29 is 4.79 Å². The molecular weight excluding hydrogens is 552 g/mol. The molecule has 43 heavy (non-hydrogen) atoms. The van der Waals surface area contributed by atoms with E-state index in [-0.39, 0.29) is 11.5 Å². The molecule has 6 rings (SSSR count). The number of nitrogens with zero attached hydrogens (tertiary/aromatic N) is 3. The molecule has 3 aromatic carbocycles. The summed E-state index contributed by atoms with van der Waals surface area (Å²) in [7, 11) is 0. The molecule has 1 N–H and O–H groups in total. The van der Waals surface area contributed by atoms with Crippen LogP contribution in [-0.2, 0) is 4.79 Å². The van der Waals surface area contributed by atoms with Crippen LogP contribution in [0.4, 0.5) is 5.69 Å². The van der Waals surface area contributed by atoms with E-state index in [1.165, 1.54) is 16.9 Å². The maximum atomic E-state index is 14.2. The zero-order valence-electron chi connectivity index (χ0n) is 25.0. The minimum atomic E-state index is -0.611. The number of anilines is 1. The first kappa shape index (κ1) is 28.4. The third kappa shape index (κ3) is 5.32. The number of fused-ring (bicyclic) bond motifs is 1. The quantitative estimate of drug-likeness (QED) is 0.250. The van der Waals surface area contributed by atoms with Gasteiger partial charge in [-0.15, -0.1) is 0 Å². The Bertz CT molecular complexity index is 2030. The summed E-state index contributed by atoms with van der Waals surface area (Å²) >= 11 is 1.36. The third-order valence-corrected chi connectivity index (χ3v) is 8.97. The molecule has 0 saturated carbocycles. The molecule has 2 aromatic heterocycles. The van der Waals surface area contributed by atoms with Crippen LogP contribution in [0.1, 0.15) is 60.8 Å². The number of rotatable bonds is 6. The van der Waals surface area contributed by atoms with Gasteiger partial charge in [0.2, 0.25) is 0 Å². The van der Waals surface area contributed by atoms with Crippen LogP contribution in [0.15, 0.2) is 112 Å². The van der Waals surface area contributed by atoms with Gasteiger partial charge in [0.25, 0.3) is 11.5 Å². The van der Waals surface area contributed by atoms with Crippen molar-refractivity contribution in [1.29, 1.82) is 0 Å². The number of hydrogen-bond donors (Lipinski definition) is 1. The van der Waals surface area contributed by atoms with Gasteiger partial charge in [-0.3, -0.25) is 14.2 Å². The number of hydrogen-bond acceptors (Lipinski definition) is 4. The van der Waals surface area contributed by atoms with Gasteiger partial charge in [-0.05, 0) is 79.8 Å². The first-order valence-corrected chi connectivity index (χ1v) is 15.3. The second kappa shape index (κ2) is 11.5. The summed E-state index contributed by atoms with van der Waals surface area (Å²) in [5, 5.41) is 3.02. The molecule has 7 heteroatoms. The lowest BCUT2D eigenvalue weighted by Crippen LogP contribution is -2.40. The monoisotopic (exact) mass is 586 g/mol. The summed E-state index contributed by atoms with van der Waals surface area (Å²) in [6.07, 6.45) is 1.95. The normalized spacial score (nSPS) is 15.0. The topological polar surface area (TPSA) is 68.4 Å². The van der Waals surface area contributed by atoms with Crippen LogP contribution in [0.25, 0.3) is 11.8 Å². The molecule has 5 aromatic rings. The van der Waals surface area contributed by atoms with Crippen molar-refractivity contribution in [2.24, 2.45) is 4.99 Å². The van der Waals surface area contributed by atoms with E-state index in [0.29, 0.717) is 32.2 Å². The molecule has 1 aliphatic rings. The van der Waals surface area contributed by atoms with Crippen LogP contribution in [0.3, 0.4) is 0 Å². The van der Waals surface area contributed by atoms with Gasteiger partial charge in [-0.2, -0.15) is 0 Å². The predicted octanol–water partition coefficient (Wildman–Crippen LogP) is 6.40. The lowest BCUT2D eigenvalue weighted by Gasteiger charge is -2.25. The van der Waals surface area contributed by atoms with Gasteiger partial charge in [0.05, 0.1) is 21.8 Å². The summed E-state index contributed by atoms with van der Waals surface area (Å²) in [5.41, 5.74) is 7.83. The summed E-state index contributed by atoms with van der Waals surface area (Å²) < 4.78 is 4.45. The molecule has 0 aliphatic carbocycles. The Hall–Kier alpha value is -4.75. The van der Waals surface area contributed by atoms with Gasteiger partial charge in [0.1, 0.15) is 0 Å². The van der Waals surface area contributed by atoms with Crippen LogP contribution in [0, 0.1) is 13.8 Å². The number of nitrogens with one attached hydrogen (secondary N) is 1. The number of aromatic nitrogens is 2. The summed E-state index contributed by atoms with van der Waals surface area (Å²) in [4.78, 5) is 33.4. The fourth-order valence-electron chi connectivity index (χ4n) is 5.76. The Labute approximate surface area is 255 Å². The molecule has 0 unspecified atom stereocenters. The van der Waals surface area contributed by atoms with Crippen molar-refractivity contribution in [2.75, 3.05) is 5.32 Å². The molecule has 0 fully saturated rings. The summed E-state index contributed by atoms with van der Waals surface area (Å²) in [6, 6.07) is 29.3. The van der Waals surface area contributed by atoms with Gasteiger partial charge in [-0.1, -0.05) is 85.8 Å². The number of carbonyl (C=O) groups excluding carboxylic acids is 1. The molecule has 0 saturated heterocycles. The van der Waals surface area contributed by atoms with E-state index in [1.54, 1.807) is 4.57 Å². The largest absolute Gasteiger partial charge is 0.322 e. The van der Waals surface area contributed by atoms with E-state index in [0.717, 1.165) is 28.2 Å². The average molecular weight is 587 g/mol. The smallest absolute Gasteiger partial charge is 0.271 e. The molecule has 3 heterocycles. The van der Waals surface area contributed by atoms with Crippen molar-refractivity contribution in [2.45, 2.75) is 46.6 Å². The zero-order valence-corrected chi connectivity index (χ0v) is 25.8. The Morgan fingerprint density at radius 2 is 1.58 bits per heavy atom. The van der Waals surface area contributed by atoms with Gasteiger partial charge < -0.3 is 9.88 Å². The SMILES string of the molecule is CC1=C(C(=O)Nc2ccccc2)[C@@H](c2ccc(C(C)C)cc2)n2c(s/c(=C\c3cc(C)n(-c4ccccc4)c3C)c2=O)=N1. The number of carbonyl (C=O) groups is 1. The Balaban J connectivity index is 1.50. The van der Waals surface area contributed by atoms with E-state index in [9.17, 15) is 9.59 Å². The molecule has 216 valence electrons. The van der Waals surface area contributed by atoms with Crippen molar-refractivity contribution in [3.63, 3.8) is 0 Å². The predicted molar refractivity (Wildman–Crippen MR) is 175 cm³/mol. The Kier molecular flexibility index (Phi) is 7.59. The fourth-order valence-corrected chi connectivity index (χ4v) is 6.80. The van der Waals surface area contributed by atoms with Gasteiger partial charge in [0.15, 0.2) is 4.80 Å². The third-order valence-electron chi connectivity index (χ3n) is 7.99. The number of benzene rings is 3. The molecule has 1 atom stereocenters. The van der Waals surface area contributed by atoms with E-state index < -0.39 is 6.04 Å². The van der Waals surface area contributed by atoms with Crippen molar-refractivity contribution >= 4 is 29.0 Å². The van der Waals surface area contributed by atoms with Crippen LogP contribution >= 0.6 is 11.3 Å². The van der Waals surface area contributed by atoms with E-state index in [4.69, 9.17) is 4.99 Å². The van der Waals surface area contributed by atoms with Gasteiger partial charge >= 0.3 is 0 Å². The lowest BCUT2D eigenvalue weighted by molar-refractivity contribution is -0.113. The van der Waals surface area contributed by atoms with Crippen LogP contribution in [0.5, 0.6) is 0 Å². The van der Waals surface area contributed by atoms with Crippen LogP contribution in [0.2, 0.25) is 0 Å². The minimum Gasteiger partial charge on any atom is -0.322 e. The molecule has 1 amide bonds. The van der Waals surface area contributed by atoms with Crippen molar-refractivity contribution in [3.05, 3.63) is 150 Å². The number of aryl methyl sites for hydroxylation is 1. The van der Waals surface area contributed by atoms with Crippen molar-refractivity contribution in [1.82, 2.24) is 9.13 Å². The molecular formula is C36H34N4O2S. The molecule has 6 nitrogen and oxygen atoms in total. The average Bonchev–Trinajstić information content (AvgIpc) is 3.46. The first-order valence-electron chi connectivity index (χ1n) is 14.5. The maximum absolute atomic E-state index is 14.2.